The van der Waals surface area contributed by atoms with Gasteiger partial charge in [-0.3, -0.25) is 0 Å². The topological polar surface area (TPSA) is 128 Å². The molecule has 1 aliphatic heterocycles. The summed E-state index contributed by atoms with van der Waals surface area (Å²) in [5.74, 6) is 0.886. The van der Waals surface area contributed by atoms with Crippen molar-refractivity contribution in [1.82, 2.24) is 19.9 Å². The molecule has 2 aromatic heterocycles. The number of hydrogen-bond acceptors (Lipinski definition) is 11. The Morgan fingerprint density at radius 3 is 2.61 bits per heavy atom. The van der Waals surface area contributed by atoms with Crippen molar-refractivity contribution in [2.45, 2.75) is 13.0 Å². The Bertz CT molecular complexity index is 1420. The molecule has 0 spiro atoms. The molecule has 3 heterocycles. The SMILES string of the molecule is COc1nc2c(cc1Nc1ncc(Cl)c(Nc3ccc(OS(=O)(=O)F)cc3OP(C)C)n1)CN(C)CC2.P. The zero-order valence-corrected chi connectivity index (χ0v) is 25.0. The lowest BCUT2D eigenvalue weighted by atomic mass is 10.1. The molecule has 2 N–H and O–H groups in total. The molecular weight excluding hydrogens is 577 g/mol. The minimum atomic E-state index is -5.19. The molecule has 0 amide bonds. The third-order valence-corrected chi connectivity index (χ3v) is 6.42. The lowest BCUT2D eigenvalue weighted by Gasteiger charge is -2.25. The van der Waals surface area contributed by atoms with Gasteiger partial charge in [0.15, 0.2) is 5.82 Å². The van der Waals surface area contributed by atoms with E-state index in [9.17, 15) is 12.3 Å². The van der Waals surface area contributed by atoms with Crippen LogP contribution in [0.4, 0.5) is 27.0 Å². The maximum Gasteiger partial charge on any atom is 0.488 e. The van der Waals surface area contributed by atoms with E-state index < -0.39 is 18.7 Å². The summed E-state index contributed by atoms with van der Waals surface area (Å²) in [6.07, 6.45) is 2.25. The smallest absolute Gasteiger partial charge is 0.480 e. The second-order valence-corrected chi connectivity index (χ2v) is 11.5. The molecule has 3 aromatic rings. The van der Waals surface area contributed by atoms with E-state index in [0.717, 1.165) is 30.8 Å². The van der Waals surface area contributed by atoms with Crippen molar-refractivity contribution in [2.24, 2.45) is 0 Å². The van der Waals surface area contributed by atoms with Gasteiger partial charge in [0.25, 0.3) is 0 Å². The Balaban J connectivity index is 0.00000400. The molecule has 4 rings (SSSR count). The van der Waals surface area contributed by atoms with Gasteiger partial charge < -0.3 is 29.0 Å². The molecule has 0 bridgehead atoms. The summed E-state index contributed by atoms with van der Waals surface area (Å²) in [5, 5.41) is 6.42. The summed E-state index contributed by atoms with van der Waals surface area (Å²) in [4.78, 5) is 15.6. The highest BCUT2D eigenvalue weighted by Crippen LogP contribution is 2.40. The van der Waals surface area contributed by atoms with E-state index in [2.05, 4.69) is 34.7 Å². The Kier molecular flexibility index (Phi) is 9.89. The number of hydrogen-bond donors (Lipinski definition) is 2. The largest absolute Gasteiger partial charge is 0.488 e. The monoisotopic (exact) mass is 604 g/mol. The molecule has 11 nitrogen and oxygen atoms in total. The second kappa shape index (κ2) is 12.5. The first-order valence-corrected chi connectivity index (χ1v) is 14.8. The van der Waals surface area contributed by atoms with E-state index in [1.54, 1.807) is 7.11 Å². The number of halogens is 2. The van der Waals surface area contributed by atoms with Crippen LogP contribution in [0, 0.1) is 0 Å². The first-order valence-electron chi connectivity index (χ1n) is 11.0. The molecule has 38 heavy (non-hydrogen) atoms. The number of methoxy groups -OCH3 is 1. The van der Waals surface area contributed by atoms with Gasteiger partial charge in [0, 0.05) is 25.6 Å². The highest BCUT2D eigenvalue weighted by Gasteiger charge is 2.20. The van der Waals surface area contributed by atoms with Gasteiger partial charge in [0.05, 0.1) is 32.8 Å². The van der Waals surface area contributed by atoms with Gasteiger partial charge in [-0.2, -0.15) is 23.3 Å². The fraction of sp³-hybridized carbons (Fsp3) is 0.318. The number of pyridine rings is 1. The predicted molar refractivity (Wildman–Crippen MR) is 152 cm³/mol. The fourth-order valence-electron chi connectivity index (χ4n) is 3.65. The van der Waals surface area contributed by atoms with Crippen LogP contribution in [0.5, 0.6) is 17.4 Å². The van der Waals surface area contributed by atoms with E-state index in [4.69, 9.17) is 20.9 Å². The van der Waals surface area contributed by atoms with E-state index in [0.29, 0.717) is 17.3 Å². The van der Waals surface area contributed by atoms with Gasteiger partial charge in [0.1, 0.15) is 22.2 Å². The lowest BCUT2D eigenvalue weighted by Crippen LogP contribution is -2.27. The third-order valence-electron chi connectivity index (χ3n) is 5.19. The minimum absolute atomic E-state index is 0. The summed E-state index contributed by atoms with van der Waals surface area (Å²) in [7, 11) is -2.51. The van der Waals surface area contributed by atoms with Gasteiger partial charge in [-0.1, -0.05) is 15.5 Å². The van der Waals surface area contributed by atoms with Gasteiger partial charge in [0.2, 0.25) is 11.8 Å². The van der Waals surface area contributed by atoms with Crippen LogP contribution in [-0.2, 0) is 23.5 Å². The van der Waals surface area contributed by atoms with Crippen LogP contribution < -0.4 is 24.1 Å². The summed E-state index contributed by atoms with van der Waals surface area (Å²) in [6.45, 7) is 5.37. The molecule has 0 radical (unpaired) electrons. The normalized spacial score (nSPS) is 13.3. The number of rotatable bonds is 9. The van der Waals surface area contributed by atoms with Crippen LogP contribution in [0.1, 0.15) is 11.3 Å². The number of likely N-dealkylation sites (N-methyl/N-ethyl adjacent to an activating group) is 1. The molecule has 0 saturated carbocycles. The van der Waals surface area contributed by atoms with Crippen molar-refractivity contribution < 1.29 is 25.7 Å². The zero-order valence-electron chi connectivity index (χ0n) is 21.2. The number of benzene rings is 1. The second-order valence-electron chi connectivity index (χ2n) is 8.32. The Labute approximate surface area is 230 Å². The standard InChI is InChI=1S/C22H25ClFN6O5PS.H3P/c1-30-8-7-16-13(12-30)9-18(21(27-16)33-2)28-22-25-11-15(23)20(29-22)26-17-6-5-14(35-37(24,31)32)10-19(17)34-36(3)4;/h5-6,9-11H,7-8,12H2,1-4H3,(H2,25,26,28,29);1H3. The molecule has 1 aromatic carbocycles. The minimum Gasteiger partial charge on any atom is -0.480 e. The highest BCUT2D eigenvalue weighted by molar-refractivity contribution is 7.81. The fourth-order valence-corrected chi connectivity index (χ4v) is 4.66. The number of aromatic nitrogens is 3. The molecule has 206 valence electrons. The Hall–Kier alpha value is -2.56. The van der Waals surface area contributed by atoms with Crippen LogP contribution >= 0.6 is 29.6 Å². The van der Waals surface area contributed by atoms with Crippen LogP contribution in [0.15, 0.2) is 30.5 Å². The van der Waals surface area contributed by atoms with Crippen molar-refractivity contribution in [1.29, 1.82) is 0 Å². The Morgan fingerprint density at radius 1 is 1.16 bits per heavy atom. The van der Waals surface area contributed by atoms with Crippen LogP contribution in [0.3, 0.4) is 0 Å². The van der Waals surface area contributed by atoms with Crippen molar-refractivity contribution in [3.63, 3.8) is 0 Å². The summed E-state index contributed by atoms with van der Waals surface area (Å²) < 4.78 is 50.4. The molecule has 1 aliphatic rings. The number of nitrogens with one attached hydrogen (secondary N) is 2. The molecule has 1 atom stereocenters. The average Bonchev–Trinajstić information content (AvgIpc) is 2.81. The predicted octanol–water partition coefficient (Wildman–Crippen LogP) is 4.70. The van der Waals surface area contributed by atoms with E-state index in [-0.39, 0.29) is 38.2 Å². The molecular formula is C22H28ClFN6O5P2S. The zero-order chi connectivity index (χ0) is 26.7. The molecule has 0 aliphatic carbocycles. The van der Waals surface area contributed by atoms with Crippen LogP contribution in [0.2, 0.25) is 5.02 Å². The highest BCUT2D eigenvalue weighted by atomic mass is 35.5. The van der Waals surface area contributed by atoms with Crippen molar-refractivity contribution in [2.75, 3.05) is 44.7 Å². The first kappa shape index (κ1) is 30.0. The number of anilines is 4. The van der Waals surface area contributed by atoms with Crippen LogP contribution in [-0.4, -0.2) is 62.3 Å². The van der Waals surface area contributed by atoms with Gasteiger partial charge >= 0.3 is 10.5 Å². The van der Waals surface area contributed by atoms with E-state index in [1.165, 1.54) is 24.4 Å². The van der Waals surface area contributed by atoms with Crippen LogP contribution in [0.25, 0.3) is 0 Å². The average molecular weight is 605 g/mol. The summed E-state index contributed by atoms with van der Waals surface area (Å²) in [5.41, 5.74) is 3.08. The molecule has 1 unspecified atom stereocenters. The first-order chi connectivity index (χ1) is 17.5. The Morgan fingerprint density at radius 2 is 1.92 bits per heavy atom. The van der Waals surface area contributed by atoms with Gasteiger partial charge in [-0.15, -0.1) is 0 Å². The quantitative estimate of drug-likeness (QED) is 0.261. The number of ether oxygens (including phenoxy) is 1. The number of nitrogens with zero attached hydrogens (tertiary/aromatic N) is 4. The van der Waals surface area contributed by atoms with Crippen molar-refractivity contribution in [3.8, 4) is 17.4 Å². The van der Waals surface area contributed by atoms with Crippen molar-refractivity contribution >= 4 is 63.3 Å². The maximum absolute atomic E-state index is 13.0. The number of fused-ring (bicyclic) bond motifs is 1. The summed E-state index contributed by atoms with van der Waals surface area (Å²) >= 11 is 6.35. The molecule has 16 heteroatoms. The maximum atomic E-state index is 13.0. The van der Waals surface area contributed by atoms with E-state index in [1.807, 2.05) is 26.4 Å². The molecule has 0 saturated heterocycles. The lowest BCUT2D eigenvalue weighted by molar-refractivity contribution is 0.307. The molecule has 0 fully saturated rings. The van der Waals surface area contributed by atoms with E-state index >= 15 is 0 Å². The summed E-state index contributed by atoms with van der Waals surface area (Å²) in [6, 6.07) is 5.97. The van der Waals surface area contributed by atoms with Crippen molar-refractivity contribution in [3.05, 3.63) is 46.7 Å². The van der Waals surface area contributed by atoms with Gasteiger partial charge in [-0.05, 0) is 44.1 Å². The third kappa shape index (κ3) is 7.74. The van der Waals surface area contributed by atoms with Gasteiger partial charge in [-0.25, -0.2) is 9.97 Å².